The normalized spacial score (nSPS) is 14.2. The van der Waals surface area contributed by atoms with E-state index >= 15 is 0 Å². The predicted molar refractivity (Wildman–Crippen MR) is 316 cm³/mol. The number of unbranched alkanes of at least 4 members (excludes halogenated alkanes) is 15. The Balaban J connectivity index is 3.99. The molecule has 0 saturated carbocycles. The van der Waals surface area contributed by atoms with Crippen molar-refractivity contribution < 1.29 is 37.6 Å². The van der Waals surface area contributed by atoms with E-state index in [9.17, 15) is 19.0 Å². The van der Waals surface area contributed by atoms with E-state index in [1.54, 1.807) is 0 Å². The first-order chi connectivity index (χ1) is 36.3. The van der Waals surface area contributed by atoms with Gasteiger partial charge in [0.2, 0.25) is 0 Å². The topological polar surface area (TPSA) is 134 Å². The van der Waals surface area contributed by atoms with E-state index in [1.165, 1.54) is 32.1 Å². The molecule has 2 atom stereocenters. The number of allylic oxidation sites excluding steroid dienone is 24. The average molecular weight is 1050 g/mol. The molecule has 0 spiro atoms. The van der Waals surface area contributed by atoms with Crippen LogP contribution >= 0.6 is 7.82 Å². The van der Waals surface area contributed by atoms with Gasteiger partial charge in [-0.2, -0.15) is 0 Å². The summed E-state index contributed by atoms with van der Waals surface area (Å²) in [6, 6.07) is 0. The summed E-state index contributed by atoms with van der Waals surface area (Å²) in [7, 11) is -4.40. The van der Waals surface area contributed by atoms with Gasteiger partial charge >= 0.3 is 19.8 Å². The second-order valence-electron chi connectivity index (χ2n) is 18.4. The van der Waals surface area contributed by atoms with Crippen molar-refractivity contribution in [2.45, 2.75) is 219 Å². The van der Waals surface area contributed by atoms with Crippen molar-refractivity contribution in [1.82, 2.24) is 0 Å². The third kappa shape index (κ3) is 57.2. The largest absolute Gasteiger partial charge is 0.472 e. The molecule has 0 aliphatic heterocycles. The smallest absolute Gasteiger partial charge is 0.462 e. The van der Waals surface area contributed by atoms with Crippen LogP contribution in [-0.2, 0) is 32.7 Å². The van der Waals surface area contributed by atoms with Gasteiger partial charge in [0.15, 0.2) is 6.10 Å². The molecule has 9 nitrogen and oxygen atoms in total. The molecule has 0 amide bonds. The molecule has 2 unspecified atom stereocenters. The first-order valence-electron chi connectivity index (χ1n) is 28.8. The fourth-order valence-electron chi connectivity index (χ4n) is 7.22. The highest BCUT2D eigenvalue weighted by Gasteiger charge is 2.26. The van der Waals surface area contributed by atoms with Crippen molar-refractivity contribution in [2.75, 3.05) is 26.4 Å². The highest BCUT2D eigenvalue weighted by atomic mass is 31.2. The maximum Gasteiger partial charge on any atom is 0.472 e. The van der Waals surface area contributed by atoms with E-state index in [2.05, 4.69) is 160 Å². The Morgan fingerprint density at radius 3 is 1.12 bits per heavy atom. The second kappa shape index (κ2) is 58.2. The summed E-state index contributed by atoms with van der Waals surface area (Å²) in [5.74, 6) is -0.862. The van der Waals surface area contributed by atoms with Gasteiger partial charge in [0.05, 0.1) is 13.2 Å². The van der Waals surface area contributed by atoms with Gasteiger partial charge < -0.3 is 20.1 Å². The quantitative estimate of drug-likeness (QED) is 0.0264. The molecular weight excluding hydrogens is 942 g/mol. The van der Waals surface area contributed by atoms with Crippen molar-refractivity contribution in [3.8, 4) is 0 Å². The molecule has 0 saturated heterocycles. The zero-order valence-electron chi connectivity index (χ0n) is 46.5. The van der Waals surface area contributed by atoms with E-state index in [0.717, 1.165) is 141 Å². The SMILES string of the molecule is CC/C=C\C/C=C\C/C=C\C/C=C\C/C=C\C/C=C\C/C=C\C/C=C\C/C=C\C/C=C\C/C=C\CCCCCCCCCC(=O)OC(COC(=O)CCCCCCC/C=C\CCCCC)COP(=O)(O)OCCN. The molecular formula is C64H104NO8P. The average Bonchev–Trinajstić information content (AvgIpc) is 3.39. The molecule has 0 aliphatic carbocycles. The first kappa shape index (κ1) is 69.9. The molecule has 0 heterocycles. The molecule has 0 fully saturated rings. The third-order valence-electron chi connectivity index (χ3n) is 11.5. The molecule has 10 heteroatoms. The van der Waals surface area contributed by atoms with Crippen LogP contribution < -0.4 is 5.73 Å². The van der Waals surface area contributed by atoms with Crippen LogP contribution in [0.15, 0.2) is 146 Å². The number of carbonyl (C=O) groups excluding carboxylic acids is 2. The van der Waals surface area contributed by atoms with Crippen LogP contribution in [0.3, 0.4) is 0 Å². The molecule has 0 aliphatic rings. The highest BCUT2D eigenvalue weighted by Crippen LogP contribution is 2.43. The number of hydrogen-bond donors (Lipinski definition) is 2. The molecule has 0 aromatic heterocycles. The first-order valence-corrected chi connectivity index (χ1v) is 30.3. The number of carbonyl (C=O) groups is 2. The maximum atomic E-state index is 12.7. The zero-order valence-corrected chi connectivity index (χ0v) is 47.4. The Morgan fingerprint density at radius 1 is 0.419 bits per heavy atom. The van der Waals surface area contributed by atoms with Crippen molar-refractivity contribution in [3.05, 3.63) is 146 Å². The molecule has 0 bridgehead atoms. The number of rotatable bonds is 52. The summed E-state index contributed by atoms with van der Waals surface area (Å²) < 4.78 is 32.9. The number of phosphoric acid groups is 1. The summed E-state index contributed by atoms with van der Waals surface area (Å²) in [5.41, 5.74) is 5.36. The number of hydrogen-bond acceptors (Lipinski definition) is 8. The lowest BCUT2D eigenvalue weighted by atomic mass is 10.1. The van der Waals surface area contributed by atoms with Crippen molar-refractivity contribution in [1.29, 1.82) is 0 Å². The van der Waals surface area contributed by atoms with E-state index in [-0.39, 0.29) is 32.6 Å². The number of esters is 2. The van der Waals surface area contributed by atoms with E-state index in [1.807, 2.05) is 0 Å². The summed E-state index contributed by atoms with van der Waals surface area (Å²) in [4.78, 5) is 35.0. The van der Waals surface area contributed by atoms with Gasteiger partial charge in [-0.1, -0.05) is 224 Å². The minimum atomic E-state index is -4.40. The van der Waals surface area contributed by atoms with Crippen molar-refractivity contribution >= 4 is 19.8 Å². The van der Waals surface area contributed by atoms with Gasteiger partial charge in [0.25, 0.3) is 0 Å². The lowest BCUT2D eigenvalue weighted by molar-refractivity contribution is -0.161. The van der Waals surface area contributed by atoms with E-state index in [4.69, 9.17) is 24.3 Å². The number of nitrogens with two attached hydrogens (primary N) is 1. The lowest BCUT2D eigenvalue weighted by Crippen LogP contribution is -2.29. The van der Waals surface area contributed by atoms with Gasteiger partial charge in [-0.3, -0.25) is 18.6 Å². The van der Waals surface area contributed by atoms with Gasteiger partial charge in [-0.25, -0.2) is 4.57 Å². The molecule has 74 heavy (non-hydrogen) atoms. The monoisotopic (exact) mass is 1050 g/mol. The van der Waals surface area contributed by atoms with Crippen LogP contribution in [0.5, 0.6) is 0 Å². The lowest BCUT2D eigenvalue weighted by Gasteiger charge is -2.19. The number of phosphoric ester groups is 1. The Kier molecular flexibility index (Phi) is 54.9. The Labute approximate surface area is 452 Å². The van der Waals surface area contributed by atoms with Crippen LogP contribution in [0, 0.1) is 0 Å². The van der Waals surface area contributed by atoms with Crippen LogP contribution in [-0.4, -0.2) is 49.3 Å². The molecule has 0 aromatic carbocycles. The summed E-state index contributed by atoms with van der Waals surface area (Å²) in [5, 5.41) is 0. The van der Waals surface area contributed by atoms with Gasteiger partial charge in [-0.05, 0) is 122 Å². The van der Waals surface area contributed by atoms with Crippen LogP contribution in [0.2, 0.25) is 0 Å². The minimum Gasteiger partial charge on any atom is -0.462 e. The van der Waals surface area contributed by atoms with Gasteiger partial charge in [0.1, 0.15) is 6.61 Å². The molecule has 0 aromatic rings. The Morgan fingerprint density at radius 2 is 0.743 bits per heavy atom. The maximum absolute atomic E-state index is 12.7. The van der Waals surface area contributed by atoms with Crippen molar-refractivity contribution in [2.24, 2.45) is 5.73 Å². The van der Waals surface area contributed by atoms with Crippen LogP contribution in [0.4, 0.5) is 0 Å². The Bertz CT molecular complexity index is 1710. The highest BCUT2D eigenvalue weighted by molar-refractivity contribution is 7.47. The predicted octanol–water partition coefficient (Wildman–Crippen LogP) is 18.3. The van der Waals surface area contributed by atoms with E-state index in [0.29, 0.717) is 12.8 Å². The summed E-state index contributed by atoms with van der Waals surface area (Å²) in [6.45, 7) is 3.55. The minimum absolute atomic E-state index is 0.0435. The van der Waals surface area contributed by atoms with E-state index < -0.39 is 32.5 Å². The second-order valence-corrected chi connectivity index (χ2v) is 19.9. The van der Waals surface area contributed by atoms with Gasteiger partial charge in [-0.15, -0.1) is 0 Å². The molecule has 0 rings (SSSR count). The fraction of sp³-hybridized carbons (Fsp3) is 0.594. The molecule has 3 N–H and O–H groups in total. The number of ether oxygens (including phenoxy) is 2. The van der Waals surface area contributed by atoms with Crippen LogP contribution in [0.25, 0.3) is 0 Å². The summed E-state index contributed by atoms with van der Waals surface area (Å²) in [6.07, 6.45) is 83.4. The Hall–Kier alpha value is -4.11. The van der Waals surface area contributed by atoms with Gasteiger partial charge in [0, 0.05) is 19.4 Å². The molecule has 418 valence electrons. The fourth-order valence-corrected chi connectivity index (χ4v) is 7.99. The van der Waals surface area contributed by atoms with Crippen LogP contribution in [0.1, 0.15) is 213 Å². The van der Waals surface area contributed by atoms with Crippen molar-refractivity contribution in [3.63, 3.8) is 0 Å². The molecule has 0 radical (unpaired) electrons. The zero-order chi connectivity index (χ0) is 53.8. The standard InChI is InChI=1S/C64H104NO8P/c1-3-5-7-9-11-13-15-17-18-19-20-21-22-23-24-25-26-27-28-29-30-31-32-33-34-35-36-37-38-39-40-41-42-43-44-45-47-49-51-53-55-57-64(67)73-62(61-72-74(68,69)71-59-58-65)60-70-63(66)56-54-52-50-48-46-16-14-12-10-8-6-4-2/h5,7,11-14,17-18,20-21,23-24,26-27,29-30,32-33,35-36,38-39,41-42,62H,3-4,6,8-10,15-16,19,22,25,28,31,34,37,40,43-61,65H2,1-2H3,(H,68,69)/b7-5-,13-11-,14-12-,18-17-,21-20-,24-23-,27-26-,30-29-,33-32-,36-35-,39-38-,42-41-. The third-order valence-corrected chi connectivity index (χ3v) is 12.4. The summed E-state index contributed by atoms with van der Waals surface area (Å²) >= 11 is 0.